The molecule has 74 valence electrons. The predicted molar refractivity (Wildman–Crippen MR) is 54.4 cm³/mol. The monoisotopic (exact) mass is 182 g/mol. The Morgan fingerprint density at radius 2 is 2.31 bits per heavy atom. The Bertz CT molecular complexity index is 183. The second-order valence-electron chi connectivity index (χ2n) is 2.89. The lowest BCUT2D eigenvalue weighted by Gasteiger charge is -2.11. The smallest absolute Gasteiger partial charge is 0.303 e. The zero-order valence-electron chi connectivity index (χ0n) is 8.45. The average molecular weight is 182 g/mol. The minimum absolute atomic E-state index is 0.0672. The molecule has 0 aromatic carbocycles. The molecule has 0 fully saturated rings. The molecule has 0 radical (unpaired) electrons. The highest BCUT2D eigenvalue weighted by Crippen LogP contribution is 2.07. The Morgan fingerprint density at radius 1 is 1.62 bits per heavy atom. The highest BCUT2D eigenvalue weighted by atomic mass is 16.5. The zero-order valence-corrected chi connectivity index (χ0v) is 8.45. The number of carbonyl (C=O) groups is 1. The molecule has 2 heteroatoms. The maximum absolute atomic E-state index is 10.7. The lowest BCUT2D eigenvalue weighted by atomic mass is 10.1. The first-order valence-corrected chi connectivity index (χ1v) is 4.61. The van der Waals surface area contributed by atoms with Crippen molar-refractivity contribution >= 4 is 5.97 Å². The third-order valence-electron chi connectivity index (χ3n) is 1.62. The van der Waals surface area contributed by atoms with Gasteiger partial charge in [-0.15, -0.1) is 6.58 Å². The summed E-state index contributed by atoms with van der Waals surface area (Å²) < 4.78 is 5.08. The van der Waals surface area contributed by atoms with E-state index >= 15 is 0 Å². The van der Waals surface area contributed by atoms with Crippen LogP contribution in [0.2, 0.25) is 0 Å². The molecule has 2 nitrogen and oxygen atoms in total. The van der Waals surface area contributed by atoms with Gasteiger partial charge in [0.1, 0.15) is 6.10 Å². The first-order valence-electron chi connectivity index (χ1n) is 4.61. The standard InChI is InChI=1S/C11H18O2/c1-4-6-7-9-11(8-5-2)13-10(3)12/h4-5,8,11H,1,6-7,9H2,2-3H3/b8-5+/t11-/m0/s1. The summed E-state index contributed by atoms with van der Waals surface area (Å²) in [7, 11) is 0. The SMILES string of the molecule is C=CCCC[C@H](/C=C/C)OC(C)=O. The van der Waals surface area contributed by atoms with Crippen LogP contribution in [0.1, 0.15) is 33.1 Å². The van der Waals surface area contributed by atoms with E-state index < -0.39 is 0 Å². The van der Waals surface area contributed by atoms with Gasteiger partial charge in [-0.25, -0.2) is 0 Å². The second-order valence-corrected chi connectivity index (χ2v) is 2.89. The van der Waals surface area contributed by atoms with Gasteiger partial charge in [-0.2, -0.15) is 0 Å². The fraction of sp³-hybridized carbons (Fsp3) is 0.545. The van der Waals surface area contributed by atoms with Crippen molar-refractivity contribution in [1.29, 1.82) is 0 Å². The van der Waals surface area contributed by atoms with Gasteiger partial charge in [0.15, 0.2) is 0 Å². The van der Waals surface area contributed by atoms with Gasteiger partial charge < -0.3 is 4.74 Å². The number of hydrogen-bond donors (Lipinski definition) is 0. The largest absolute Gasteiger partial charge is 0.458 e. The van der Waals surface area contributed by atoms with Gasteiger partial charge in [-0.05, 0) is 32.3 Å². The van der Waals surface area contributed by atoms with Gasteiger partial charge in [-0.1, -0.05) is 12.2 Å². The summed E-state index contributed by atoms with van der Waals surface area (Å²) in [6.45, 7) is 6.99. The van der Waals surface area contributed by atoms with E-state index in [1.54, 1.807) is 0 Å². The first-order chi connectivity index (χ1) is 6.20. The molecule has 0 aliphatic heterocycles. The van der Waals surface area contributed by atoms with Crippen LogP contribution in [0.15, 0.2) is 24.8 Å². The Labute approximate surface area is 80.3 Å². The van der Waals surface area contributed by atoms with Crippen LogP contribution in [0.4, 0.5) is 0 Å². The molecule has 0 aromatic heterocycles. The normalized spacial score (nSPS) is 12.8. The molecule has 0 aromatic rings. The molecule has 0 heterocycles. The molecule has 0 spiro atoms. The number of unbranched alkanes of at least 4 members (excludes halogenated alkanes) is 1. The van der Waals surface area contributed by atoms with Crippen LogP contribution in [-0.2, 0) is 9.53 Å². The lowest BCUT2D eigenvalue weighted by Crippen LogP contribution is -2.13. The van der Waals surface area contributed by atoms with Crippen molar-refractivity contribution in [1.82, 2.24) is 0 Å². The number of rotatable bonds is 6. The van der Waals surface area contributed by atoms with E-state index in [1.165, 1.54) is 6.92 Å². The van der Waals surface area contributed by atoms with Crippen LogP contribution in [-0.4, -0.2) is 12.1 Å². The van der Waals surface area contributed by atoms with Gasteiger partial charge in [0.25, 0.3) is 0 Å². The maximum Gasteiger partial charge on any atom is 0.303 e. The molecule has 0 bridgehead atoms. The molecule has 0 amide bonds. The summed E-state index contributed by atoms with van der Waals surface area (Å²) in [4.78, 5) is 10.7. The molecule has 13 heavy (non-hydrogen) atoms. The fourth-order valence-electron chi connectivity index (χ4n) is 1.09. The number of hydrogen-bond acceptors (Lipinski definition) is 2. The van der Waals surface area contributed by atoms with Gasteiger partial charge in [0.05, 0.1) is 0 Å². The zero-order chi connectivity index (χ0) is 10.1. The highest BCUT2D eigenvalue weighted by Gasteiger charge is 2.06. The Hall–Kier alpha value is -1.05. The third-order valence-corrected chi connectivity index (χ3v) is 1.62. The van der Waals surface area contributed by atoms with Crippen LogP contribution in [0.25, 0.3) is 0 Å². The lowest BCUT2D eigenvalue weighted by molar-refractivity contribution is -0.144. The molecule has 0 saturated heterocycles. The Kier molecular flexibility index (Phi) is 6.98. The molecule has 0 aliphatic rings. The summed E-state index contributed by atoms with van der Waals surface area (Å²) in [5.41, 5.74) is 0. The fourth-order valence-corrected chi connectivity index (χ4v) is 1.09. The van der Waals surface area contributed by atoms with Crippen LogP contribution >= 0.6 is 0 Å². The van der Waals surface area contributed by atoms with Crippen molar-refractivity contribution < 1.29 is 9.53 Å². The quantitative estimate of drug-likeness (QED) is 0.358. The number of carbonyl (C=O) groups excluding carboxylic acids is 1. The first kappa shape index (κ1) is 11.9. The summed E-state index contributed by atoms with van der Waals surface area (Å²) >= 11 is 0. The van der Waals surface area contributed by atoms with Crippen molar-refractivity contribution in [2.75, 3.05) is 0 Å². The summed E-state index contributed by atoms with van der Waals surface area (Å²) in [6.07, 6.45) is 8.46. The summed E-state index contributed by atoms with van der Waals surface area (Å²) in [6, 6.07) is 0. The van der Waals surface area contributed by atoms with Gasteiger partial charge in [0, 0.05) is 6.92 Å². The maximum atomic E-state index is 10.7. The van der Waals surface area contributed by atoms with Crippen LogP contribution in [0, 0.1) is 0 Å². The van der Waals surface area contributed by atoms with Crippen LogP contribution in [0.5, 0.6) is 0 Å². The van der Waals surface area contributed by atoms with Crippen LogP contribution in [0.3, 0.4) is 0 Å². The number of allylic oxidation sites excluding steroid dienone is 2. The number of ether oxygens (including phenoxy) is 1. The molecule has 0 aliphatic carbocycles. The minimum atomic E-state index is -0.221. The van der Waals surface area contributed by atoms with Gasteiger partial charge >= 0.3 is 5.97 Å². The molecular formula is C11H18O2. The van der Waals surface area contributed by atoms with Crippen molar-refractivity contribution in [3.63, 3.8) is 0 Å². The minimum Gasteiger partial charge on any atom is -0.458 e. The predicted octanol–water partition coefficient (Wildman–Crippen LogP) is 2.85. The van der Waals surface area contributed by atoms with E-state index in [1.807, 2.05) is 25.2 Å². The highest BCUT2D eigenvalue weighted by molar-refractivity contribution is 5.66. The second kappa shape index (κ2) is 7.59. The average Bonchev–Trinajstić information content (AvgIpc) is 2.04. The van der Waals surface area contributed by atoms with Crippen molar-refractivity contribution in [2.24, 2.45) is 0 Å². The molecular weight excluding hydrogens is 164 g/mol. The van der Waals surface area contributed by atoms with E-state index in [2.05, 4.69) is 6.58 Å². The van der Waals surface area contributed by atoms with Crippen LogP contribution < -0.4 is 0 Å². The van der Waals surface area contributed by atoms with Gasteiger partial charge in [-0.3, -0.25) is 4.79 Å². The van der Waals surface area contributed by atoms with Crippen molar-refractivity contribution in [3.8, 4) is 0 Å². The molecule has 0 saturated carbocycles. The third kappa shape index (κ3) is 7.32. The van der Waals surface area contributed by atoms with E-state index in [0.717, 1.165) is 19.3 Å². The Morgan fingerprint density at radius 3 is 2.77 bits per heavy atom. The van der Waals surface area contributed by atoms with E-state index in [9.17, 15) is 4.79 Å². The Balaban J connectivity index is 3.79. The summed E-state index contributed by atoms with van der Waals surface area (Å²) in [5, 5.41) is 0. The van der Waals surface area contributed by atoms with E-state index in [0.29, 0.717) is 0 Å². The molecule has 0 N–H and O–H groups in total. The van der Waals surface area contributed by atoms with E-state index in [-0.39, 0.29) is 12.1 Å². The van der Waals surface area contributed by atoms with Crippen molar-refractivity contribution in [2.45, 2.75) is 39.2 Å². The topological polar surface area (TPSA) is 26.3 Å². The molecule has 1 atom stereocenters. The van der Waals surface area contributed by atoms with Gasteiger partial charge in [0.2, 0.25) is 0 Å². The van der Waals surface area contributed by atoms with Crippen molar-refractivity contribution in [3.05, 3.63) is 24.8 Å². The van der Waals surface area contributed by atoms with E-state index in [4.69, 9.17) is 4.74 Å². The molecule has 0 unspecified atom stereocenters. The summed E-state index contributed by atoms with van der Waals surface area (Å²) in [5.74, 6) is -0.221. The number of esters is 1. The molecule has 0 rings (SSSR count).